The Morgan fingerprint density at radius 3 is 1.60 bits per heavy atom. The molecule has 1 aliphatic heterocycles. The van der Waals surface area contributed by atoms with Crippen LogP contribution in [0.25, 0.3) is 22.4 Å². The van der Waals surface area contributed by atoms with Crippen LogP contribution >= 0.6 is 0 Å². The molecule has 0 unspecified atom stereocenters. The van der Waals surface area contributed by atoms with Crippen molar-refractivity contribution in [1.29, 1.82) is 0 Å². The summed E-state index contributed by atoms with van der Waals surface area (Å²) in [6, 6.07) is 34.5. The van der Waals surface area contributed by atoms with Crippen molar-refractivity contribution in [2.24, 2.45) is 14.1 Å². The number of rotatable bonds is 4. The lowest BCUT2D eigenvalue weighted by atomic mass is 10.1. The van der Waals surface area contributed by atoms with E-state index in [-0.39, 0.29) is 7.59 Å². The highest BCUT2D eigenvalue weighted by Gasteiger charge is 2.31. The molecule has 0 aliphatic carbocycles. The first-order chi connectivity index (χ1) is 19.2. The molecule has 4 aromatic carbocycles. The maximum absolute atomic E-state index is 2.33. The summed E-state index contributed by atoms with van der Waals surface area (Å²) in [6.07, 6.45) is 0.267. The van der Waals surface area contributed by atoms with Crippen LogP contribution < -0.4 is 24.2 Å². The lowest BCUT2D eigenvalue weighted by Gasteiger charge is -2.28. The third-order valence-electron chi connectivity index (χ3n) is 7.96. The van der Waals surface area contributed by atoms with Crippen LogP contribution in [0.2, 0.25) is 0 Å². The van der Waals surface area contributed by atoms with Crippen molar-refractivity contribution in [2.45, 2.75) is 6.17 Å². The van der Waals surface area contributed by atoms with Crippen molar-refractivity contribution < 1.29 is 5.99 Å². The molecule has 40 heavy (non-hydrogen) atoms. The van der Waals surface area contributed by atoms with Crippen LogP contribution in [0.5, 0.6) is 0 Å². The first-order valence-corrected chi connectivity index (χ1v) is 13.7. The van der Waals surface area contributed by atoms with E-state index in [1.807, 2.05) is 0 Å². The van der Waals surface area contributed by atoms with E-state index in [9.17, 15) is 0 Å². The minimum absolute atomic E-state index is 0. The van der Waals surface area contributed by atoms with Gasteiger partial charge in [-0.05, 0) is 66.2 Å². The Bertz CT molecular complexity index is 1540. The zero-order chi connectivity index (χ0) is 28.6. The molecule has 6 heteroatoms. The van der Waals surface area contributed by atoms with Gasteiger partial charge in [0.25, 0.3) is 5.82 Å². The molecule has 0 N–H and O–H groups in total. The van der Waals surface area contributed by atoms with Gasteiger partial charge in [-0.1, -0.05) is 36.4 Å². The zero-order valence-electron chi connectivity index (χ0n) is 26.0. The Morgan fingerprint density at radius 2 is 1.10 bits per heavy atom. The van der Waals surface area contributed by atoms with Gasteiger partial charge in [0.15, 0.2) is 11.0 Å². The largest absolute Gasteiger partial charge is 1.00 e. The highest BCUT2D eigenvalue weighted by atomic mass is 15.4. The number of imidazole rings is 1. The maximum Gasteiger partial charge on any atom is 0.289 e. The summed E-state index contributed by atoms with van der Waals surface area (Å²) in [4.78, 5) is 8.91. The summed E-state index contributed by atoms with van der Waals surface area (Å²) < 4.78 is 4.50. The van der Waals surface area contributed by atoms with E-state index in [1.54, 1.807) is 0 Å². The van der Waals surface area contributed by atoms with E-state index < -0.39 is 0 Å². The van der Waals surface area contributed by atoms with Crippen LogP contribution in [0, 0.1) is 0 Å². The molecule has 0 spiro atoms. The molecular weight excluding hydrogens is 492 g/mol. The normalized spacial score (nSPS) is 12.8. The van der Waals surface area contributed by atoms with Crippen molar-refractivity contribution in [3.05, 3.63) is 103 Å². The maximum atomic E-state index is 2.33. The minimum Gasteiger partial charge on any atom is -1.00 e. The minimum atomic E-state index is 0. The quantitative estimate of drug-likeness (QED) is 0.257. The second kappa shape index (κ2) is 11.0. The van der Waals surface area contributed by atoms with Crippen molar-refractivity contribution in [2.75, 3.05) is 61.9 Å². The zero-order valence-corrected chi connectivity index (χ0v) is 25.0. The molecule has 0 saturated carbocycles. The summed E-state index contributed by atoms with van der Waals surface area (Å²) in [5.74, 6) is 1.22. The molecule has 1 aromatic heterocycles. The number of hydrogen-bond donors (Lipinski definition) is 0. The second-order valence-corrected chi connectivity index (χ2v) is 10.9. The van der Waals surface area contributed by atoms with Gasteiger partial charge < -0.3 is 21.0 Å². The molecule has 0 amide bonds. The number of nitrogens with zero attached hydrogens (tertiary/aromatic N) is 6. The molecule has 2 heterocycles. The van der Waals surface area contributed by atoms with Gasteiger partial charge in [-0.2, -0.15) is 0 Å². The van der Waals surface area contributed by atoms with E-state index >= 15 is 0 Å². The predicted octanol–water partition coefficient (Wildman–Crippen LogP) is 6.19. The molecule has 208 valence electrons. The topological polar surface area (TPSA) is 21.8 Å². The van der Waals surface area contributed by atoms with E-state index in [0.29, 0.717) is 0 Å². The average Bonchev–Trinajstić information content (AvgIpc) is 3.38. The van der Waals surface area contributed by atoms with Gasteiger partial charge in [0.1, 0.15) is 6.17 Å². The van der Waals surface area contributed by atoms with E-state index in [0.717, 1.165) is 0 Å². The third kappa shape index (κ3) is 4.86. The highest BCUT2D eigenvalue weighted by Crippen LogP contribution is 2.44. The Kier molecular flexibility index (Phi) is 7.44. The van der Waals surface area contributed by atoms with E-state index in [4.69, 9.17) is 0 Å². The van der Waals surface area contributed by atoms with Gasteiger partial charge in [-0.3, -0.25) is 0 Å². The van der Waals surface area contributed by atoms with Gasteiger partial charge in [-0.15, -0.1) is 0 Å². The molecule has 0 radical (unpaired) electrons. The number of anilines is 4. The SMILES string of the molecule is CN(C)c1ccc(-c2n(C)c3ccccc3[n+]2C)cc1.CN(C)c1ccc(C2N(C)c3ccccc3N2C)cc1.[H-]. The number of aromatic nitrogens is 2. The molecule has 0 atom stereocenters. The van der Waals surface area contributed by atoms with Crippen molar-refractivity contribution in [3.63, 3.8) is 0 Å². The van der Waals surface area contributed by atoms with Gasteiger partial charge in [0.2, 0.25) is 0 Å². The van der Waals surface area contributed by atoms with Crippen LogP contribution in [0.4, 0.5) is 22.7 Å². The van der Waals surface area contributed by atoms with Crippen molar-refractivity contribution in [3.8, 4) is 11.4 Å². The number of fused-ring (bicyclic) bond motifs is 2. The summed E-state index contributed by atoms with van der Waals surface area (Å²) in [5, 5.41) is 0. The molecule has 5 aromatic rings. The van der Waals surface area contributed by atoms with Crippen LogP contribution in [-0.4, -0.2) is 46.9 Å². The van der Waals surface area contributed by atoms with Crippen LogP contribution in [-0.2, 0) is 14.1 Å². The molecule has 0 saturated heterocycles. The molecular formula is C34H42N6. The first-order valence-electron chi connectivity index (χ1n) is 13.7. The predicted molar refractivity (Wildman–Crippen MR) is 172 cm³/mol. The van der Waals surface area contributed by atoms with Crippen LogP contribution in [0.15, 0.2) is 97.1 Å². The fourth-order valence-electron chi connectivity index (χ4n) is 5.76. The molecule has 6 rings (SSSR count). The molecule has 0 bridgehead atoms. The summed E-state index contributed by atoms with van der Waals surface area (Å²) in [5.41, 5.74) is 10.1. The van der Waals surface area contributed by atoms with Crippen molar-refractivity contribution in [1.82, 2.24) is 4.57 Å². The lowest BCUT2D eigenvalue weighted by Crippen LogP contribution is -2.30. The Labute approximate surface area is 240 Å². The first kappa shape index (κ1) is 27.1. The fraction of sp³-hybridized carbons (Fsp3) is 0.265. The smallest absolute Gasteiger partial charge is 0.289 e. The molecule has 6 nitrogen and oxygen atoms in total. The van der Waals surface area contributed by atoms with Gasteiger partial charge in [0.05, 0.1) is 31.0 Å². The van der Waals surface area contributed by atoms with E-state index in [2.05, 4.69) is 182 Å². The number of para-hydroxylation sites is 4. The molecule has 1 aliphatic rings. The number of benzene rings is 4. The van der Waals surface area contributed by atoms with Gasteiger partial charge >= 0.3 is 0 Å². The Hall–Kier alpha value is -4.45. The molecule has 0 fully saturated rings. The Balaban J connectivity index is 0.000000184. The van der Waals surface area contributed by atoms with Gasteiger partial charge in [-0.25, -0.2) is 9.13 Å². The van der Waals surface area contributed by atoms with Crippen LogP contribution in [0.1, 0.15) is 13.2 Å². The summed E-state index contributed by atoms with van der Waals surface area (Å²) >= 11 is 0. The average molecular weight is 535 g/mol. The van der Waals surface area contributed by atoms with Crippen molar-refractivity contribution >= 4 is 33.8 Å². The Morgan fingerprint density at radius 1 is 0.625 bits per heavy atom. The number of aryl methyl sites for hydroxylation is 2. The standard InChI is InChI=1S/C17H21N3.C17H20N3.H/c2*1-18(2)14-11-9-13(10-12-14)17-19(3)15-7-5-6-8-16(15)20(17)4;/h5-12,17H,1-4H3;5-12H,1-4H3;/q;+1;-1. The van der Waals surface area contributed by atoms with Gasteiger partial charge in [0, 0.05) is 53.7 Å². The summed E-state index contributed by atoms with van der Waals surface area (Å²) in [7, 11) is 16.8. The highest BCUT2D eigenvalue weighted by molar-refractivity contribution is 5.78. The van der Waals surface area contributed by atoms with Crippen LogP contribution in [0.3, 0.4) is 0 Å². The third-order valence-corrected chi connectivity index (χ3v) is 7.96. The lowest BCUT2D eigenvalue weighted by molar-refractivity contribution is -0.634. The monoisotopic (exact) mass is 534 g/mol. The fourth-order valence-corrected chi connectivity index (χ4v) is 5.76. The van der Waals surface area contributed by atoms with E-state index in [1.165, 1.54) is 50.7 Å². The number of hydrogen-bond acceptors (Lipinski definition) is 4. The second-order valence-electron chi connectivity index (χ2n) is 10.9. The summed E-state index contributed by atoms with van der Waals surface area (Å²) in [6.45, 7) is 0.